The minimum absolute atomic E-state index is 0.202. The molecule has 166 valence electrons. The SMILES string of the molecule is CN=C1CCN(Cc2ccc(OC)cc2)c2nc(N3CCN(CCO)CC3)nc(C)c21. The summed E-state index contributed by atoms with van der Waals surface area (Å²) in [4.78, 5) is 21.3. The highest BCUT2D eigenvalue weighted by molar-refractivity contribution is 6.07. The number of fused-ring (bicyclic) bond motifs is 1. The highest BCUT2D eigenvalue weighted by atomic mass is 16.5. The van der Waals surface area contributed by atoms with Gasteiger partial charge in [-0.1, -0.05) is 12.1 Å². The molecule has 8 heteroatoms. The zero-order valence-electron chi connectivity index (χ0n) is 18.7. The molecule has 0 unspecified atom stereocenters. The predicted molar refractivity (Wildman–Crippen MR) is 124 cm³/mol. The van der Waals surface area contributed by atoms with Gasteiger partial charge in [0.15, 0.2) is 0 Å². The largest absolute Gasteiger partial charge is 0.497 e. The summed E-state index contributed by atoms with van der Waals surface area (Å²) in [5.41, 5.74) is 4.36. The normalized spacial score (nSPS) is 18.4. The third-order valence-electron chi connectivity index (χ3n) is 6.14. The van der Waals surface area contributed by atoms with Gasteiger partial charge in [-0.05, 0) is 24.6 Å². The number of ether oxygens (including phenoxy) is 1. The zero-order valence-corrected chi connectivity index (χ0v) is 18.7. The number of hydrogen-bond acceptors (Lipinski definition) is 8. The maximum Gasteiger partial charge on any atom is 0.227 e. The van der Waals surface area contributed by atoms with E-state index in [1.54, 1.807) is 7.11 Å². The summed E-state index contributed by atoms with van der Waals surface area (Å²) in [5.74, 6) is 2.63. The van der Waals surface area contributed by atoms with Crippen molar-refractivity contribution in [2.75, 3.05) is 69.8 Å². The quantitative estimate of drug-likeness (QED) is 0.757. The maximum atomic E-state index is 9.19. The molecule has 1 N–H and O–H groups in total. The summed E-state index contributed by atoms with van der Waals surface area (Å²) >= 11 is 0. The molecule has 2 aliphatic heterocycles. The lowest BCUT2D eigenvalue weighted by atomic mass is 10.0. The van der Waals surface area contributed by atoms with Gasteiger partial charge in [0.1, 0.15) is 11.6 Å². The van der Waals surface area contributed by atoms with Crippen LogP contribution in [-0.4, -0.2) is 85.7 Å². The Kier molecular flexibility index (Phi) is 6.67. The second-order valence-electron chi connectivity index (χ2n) is 8.05. The molecule has 3 heterocycles. The first-order chi connectivity index (χ1) is 15.1. The average molecular weight is 425 g/mol. The Labute approximate surface area is 184 Å². The van der Waals surface area contributed by atoms with Gasteiger partial charge in [-0.2, -0.15) is 4.98 Å². The van der Waals surface area contributed by atoms with Gasteiger partial charge in [0.25, 0.3) is 0 Å². The van der Waals surface area contributed by atoms with Crippen molar-refractivity contribution in [3.8, 4) is 5.75 Å². The van der Waals surface area contributed by atoms with Gasteiger partial charge in [0.2, 0.25) is 5.95 Å². The van der Waals surface area contributed by atoms with E-state index in [0.717, 1.165) is 86.7 Å². The molecule has 1 fully saturated rings. The number of aromatic nitrogens is 2. The summed E-state index contributed by atoms with van der Waals surface area (Å²) < 4.78 is 5.29. The van der Waals surface area contributed by atoms with E-state index < -0.39 is 0 Å². The van der Waals surface area contributed by atoms with Crippen LogP contribution in [0.2, 0.25) is 0 Å². The first-order valence-corrected chi connectivity index (χ1v) is 10.9. The molecule has 0 saturated carbocycles. The summed E-state index contributed by atoms with van der Waals surface area (Å²) in [6.07, 6.45) is 0.892. The summed E-state index contributed by atoms with van der Waals surface area (Å²) in [6, 6.07) is 8.22. The smallest absolute Gasteiger partial charge is 0.227 e. The molecule has 0 aliphatic carbocycles. The number of methoxy groups -OCH3 is 1. The number of hydrogen-bond donors (Lipinski definition) is 1. The van der Waals surface area contributed by atoms with Crippen molar-refractivity contribution in [3.63, 3.8) is 0 Å². The first-order valence-electron chi connectivity index (χ1n) is 10.9. The van der Waals surface area contributed by atoms with Crippen molar-refractivity contribution in [3.05, 3.63) is 41.1 Å². The second kappa shape index (κ2) is 9.62. The first kappa shape index (κ1) is 21.5. The molecule has 8 nitrogen and oxygen atoms in total. The number of rotatable bonds is 6. The van der Waals surface area contributed by atoms with Crippen LogP contribution in [0.3, 0.4) is 0 Å². The number of aliphatic hydroxyl groups is 1. The minimum atomic E-state index is 0.202. The van der Waals surface area contributed by atoms with Crippen LogP contribution in [0.25, 0.3) is 0 Å². The molecule has 0 radical (unpaired) electrons. The van der Waals surface area contributed by atoms with Crippen LogP contribution in [0.4, 0.5) is 11.8 Å². The van der Waals surface area contributed by atoms with Crippen LogP contribution in [-0.2, 0) is 6.54 Å². The van der Waals surface area contributed by atoms with Gasteiger partial charge in [-0.25, -0.2) is 4.98 Å². The number of piperazine rings is 1. The Morgan fingerprint density at radius 3 is 2.45 bits per heavy atom. The molecule has 1 saturated heterocycles. The zero-order chi connectivity index (χ0) is 21.8. The molecule has 1 aromatic heterocycles. The number of aliphatic hydroxyl groups excluding tert-OH is 1. The fraction of sp³-hybridized carbons (Fsp3) is 0.522. The highest BCUT2D eigenvalue weighted by Gasteiger charge is 2.28. The second-order valence-corrected chi connectivity index (χ2v) is 8.05. The van der Waals surface area contributed by atoms with Crippen molar-refractivity contribution in [1.29, 1.82) is 0 Å². The van der Waals surface area contributed by atoms with E-state index in [9.17, 15) is 5.11 Å². The summed E-state index contributed by atoms with van der Waals surface area (Å²) in [6.45, 7) is 8.22. The van der Waals surface area contributed by atoms with Gasteiger partial charge in [-0.15, -0.1) is 0 Å². The monoisotopic (exact) mass is 424 g/mol. The third kappa shape index (κ3) is 4.65. The van der Waals surface area contributed by atoms with E-state index in [0.29, 0.717) is 0 Å². The molecule has 2 aliphatic rings. The number of aliphatic imine (C=N–C) groups is 1. The fourth-order valence-corrected chi connectivity index (χ4v) is 4.36. The van der Waals surface area contributed by atoms with Crippen molar-refractivity contribution in [1.82, 2.24) is 14.9 Å². The van der Waals surface area contributed by atoms with Crippen LogP contribution in [0.15, 0.2) is 29.3 Å². The maximum absolute atomic E-state index is 9.19. The lowest BCUT2D eigenvalue weighted by Gasteiger charge is -2.36. The predicted octanol–water partition coefficient (Wildman–Crippen LogP) is 1.74. The van der Waals surface area contributed by atoms with Crippen molar-refractivity contribution < 1.29 is 9.84 Å². The molecular formula is C23H32N6O2. The van der Waals surface area contributed by atoms with E-state index >= 15 is 0 Å². The van der Waals surface area contributed by atoms with Crippen molar-refractivity contribution in [2.24, 2.45) is 4.99 Å². The van der Waals surface area contributed by atoms with E-state index in [1.807, 2.05) is 19.2 Å². The van der Waals surface area contributed by atoms with Crippen LogP contribution in [0.5, 0.6) is 5.75 Å². The number of benzene rings is 1. The fourth-order valence-electron chi connectivity index (χ4n) is 4.36. The van der Waals surface area contributed by atoms with Crippen LogP contribution >= 0.6 is 0 Å². The molecule has 1 aromatic carbocycles. The number of anilines is 2. The van der Waals surface area contributed by atoms with Crippen LogP contribution in [0, 0.1) is 6.92 Å². The summed E-state index contributed by atoms with van der Waals surface area (Å²) in [5, 5.41) is 9.19. The van der Waals surface area contributed by atoms with Gasteiger partial charge >= 0.3 is 0 Å². The Morgan fingerprint density at radius 2 is 1.81 bits per heavy atom. The molecular weight excluding hydrogens is 392 g/mol. The van der Waals surface area contributed by atoms with Gasteiger partial charge < -0.3 is 19.6 Å². The van der Waals surface area contributed by atoms with Crippen LogP contribution in [0.1, 0.15) is 23.2 Å². The van der Waals surface area contributed by atoms with Crippen LogP contribution < -0.4 is 14.5 Å². The van der Waals surface area contributed by atoms with Gasteiger partial charge in [0, 0.05) is 65.0 Å². The van der Waals surface area contributed by atoms with Gasteiger partial charge in [-0.3, -0.25) is 9.89 Å². The Bertz CT molecular complexity index is 922. The number of aryl methyl sites for hydroxylation is 1. The Hall–Kier alpha value is -2.71. The minimum Gasteiger partial charge on any atom is -0.497 e. The molecule has 0 atom stereocenters. The van der Waals surface area contributed by atoms with Crippen molar-refractivity contribution >= 4 is 17.5 Å². The molecule has 2 aromatic rings. The van der Waals surface area contributed by atoms with E-state index in [1.165, 1.54) is 5.56 Å². The number of β-amino-alcohol motifs (C(OH)–C–C–N with tert-alkyl or cyclic N) is 1. The molecule has 4 rings (SSSR count). The summed E-state index contributed by atoms with van der Waals surface area (Å²) in [7, 11) is 3.54. The molecule has 0 amide bonds. The number of nitrogens with zero attached hydrogens (tertiary/aromatic N) is 6. The molecule has 0 bridgehead atoms. The topological polar surface area (TPSA) is 77.3 Å². The Morgan fingerprint density at radius 1 is 1.06 bits per heavy atom. The lowest BCUT2D eigenvalue weighted by molar-refractivity contribution is 0.188. The van der Waals surface area contributed by atoms with E-state index in [4.69, 9.17) is 14.7 Å². The average Bonchev–Trinajstić information content (AvgIpc) is 2.80. The molecule has 31 heavy (non-hydrogen) atoms. The van der Waals surface area contributed by atoms with E-state index in [2.05, 4.69) is 38.7 Å². The molecule has 0 spiro atoms. The van der Waals surface area contributed by atoms with Crippen molar-refractivity contribution in [2.45, 2.75) is 19.9 Å². The standard InChI is InChI=1S/C23H32N6O2/c1-17-21-20(24-2)8-9-29(16-18-4-6-19(31-3)7-5-18)22(21)26-23(25-17)28-12-10-27(11-13-28)14-15-30/h4-7,30H,8-16H2,1-3H3. The highest BCUT2D eigenvalue weighted by Crippen LogP contribution is 2.31. The van der Waals surface area contributed by atoms with E-state index in [-0.39, 0.29) is 6.61 Å². The Balaban J connectivity index is 1.61. The van der Waals surface area contributed by atoms with Gasteiger partial charge in [0.05, 0.1) is 25.0 Å². The lowest BCUT2D eigenvalue weighted by Crippen LogP contribution is -2.48. The third-order valence-corrected chi connectivity index (χ3v) is 6.14.